The van der Waals surface area contributed by atoms with E-state index in [1.54, 1.807) is 18.0 Å². The van der Waals surface area contributed by atoms with Crippen LogP contribution in [-0.2, 0) is 0 Å². The second kappa shape index (κ2) is 5.26. The number of hydrogen-bond donors (Lipinski definition) is 0. The first kappa shape index (κ1) is 13.7. The van der Waals surface area contributed by atoms with Crippen LogP contribution in [0.3, 0.4) is 0 Å². The van der Waals surface area contributed by atoms with Gasteiger partial charge in [0.25, 0.3) is 5.91 Å². The van der Waals surface area contributed by atoms with Crippen molar-refractivity contribution in [2.24, 2.45) is 0 Å². The van der Waals surface area contributed by atoms with Crippen LogP contribution in [0.2, 0.25) is 0 Å². The second-order valence-corrected chi connectivity index (χ2v) is 5.87. The maximum absolute atomic E-state index is 12.6. The first-order valence-electron chi connectivity index (χ1n) is 6.63. The zero-order chi connectivity index (χ0) is 15.0. The Hall–Kier alpha value is -2.27. The SMILES string of the molecule is Cc1ccc(N(C)C(=O)c2ccc3snnc3c2)cc1C. The number of rotatable bonds is 2. The van der Waals surface area contributed by atoms with Gasteiger partial charge in [-0.3, -0.25) is 4.79 Å². The molecule has 1 amide bonds. The number of carbonyl (C=O) groups excluding carboxylic acids is 1. The van der Waals surface area contributed by atoms with E-state index in [1.807, 2.05) is 37.3 Å². The Bertz CT molecular complexity index is 825. The van der Waals surface area contributed by atoms with Crippen molar-refractivity contribution in [1.29, 1.82) is 0 Å². The molecule has 0 saturated carbocycles. The molecule has 0 atom stereocenters. The van der Waals surface area contributed by atoms with Crippen molar-refractivity contribution in [3.63, 3.8) is 0 Å². The molecule has 0 aliphatic rings. The molecule has 4 nitrogen and oxygen atoms in total. The Morgan fingerprint density at radius 1 is 1.10 bits per heavy atom. The van der Waals surface area contributed by atoms with Gasteiger partial charge in [0.2, 0.25) is 0 Å². The Morgan fingerprint density at radius 2 is 1.90 bits per heavy atom. The molecule has 21 heavy (non-hydrogen) atoms. The number of carbonyl (C=O) groups is 1. The van der Waals surface area contributed by atoms with Crippen LogP contribution in [0.4, 0.5) is 5.69 Å². The zero-order valence-electron chi connectivity index (χ0n) is 12.1. The molecule has 0 aliphatic heterocycles. The molecule has 3 rings (SSSR count). The third-order valence-corrected chi connectivity index (χ3v) is 4.38. The van der Waals surface area contributed by atoms with E-state index >= 15 is 0 Å². The minimum atomic E-state index is -0.0480. The summed E-state index contributed by atoms with van der Waals surface area (Å²) in [7, 11) is 1.79. The fourth-order valence-corrected chi connectivity index (χ4v) is 2.70. The molecule has 0 unspecified atom stereocenters. The summed E-state index contributed by atoms with van der Waals surface area (Å²) in [4.78, 5) is 14.2. The summed E-state index contributed by atoms with van der Waals surface area (Å²) >= 11 is 1.33. The van der Waals surface area contributed by atoms with Crippen molar-refractivity contribution >= 4 is 33.3 Å². The largest absolute Gasteiger partial charge is 0.311 e. The predicted octanol–water partition coefficient (Wildman–Crippen LogP) is 3.58. The molecular weight excluding hydrogens is 282 g/mol. The molecule has 0 bridgehead atoms. The van der Waals surface area contributed by atoms with E-state index in [1.165, 1.54) is 22.7 Å². The summed E-state index contributed by atoms with van der Waals surface area (Å²) in [5.74, 6) is -0.0480. The van der Waals surface area contributed by atoms with E-state index in [0.29, 0.717) is 5.56 Å². The van der Waals surface area contributed by atoms with Gasteiger partial charge in [0, 0.05) is 18.3 Å². The van der Waals surface area contributed by atoms with Gasteiger partial charge in [-0.15, -0.1) is 5.10 Å². The van der Waals surface area contributed by atoms with Gasteiger partial charge >= 0.3 is 0 Å². The van der Waals surface area contributed by atoms with E-state index in [4.69, 9.17) is 0 Å². The van der Waals surface area contributed by atoms with Crippen LogP contribution in [0.1, 0.15) is 21.5 Å². The van der Waals surface area contributed by atoms with Gasteiger partial charge < -0.3 is 4.90 Å². The minimum absolute atomic E-state index is 0.0480. The van der Waals surface area contributed by atoms with Crippen LogP contribution in [0.15, 0.2) is 36.4 Å². The average molecular weight is 297 g/mol. The fourth-order valence-electron chi connectivity index (χ4n) is 2.16. The first-order chi connectivity index (χ1) is 10.1. The zero-order valence-corrected chi connectivity index (χ0v) is 12.9. The van der Waals surface area contributed by atoms with Crippen LogP contribution >= 0.6 is 11.5 Å². The van der Waals surface area contributed by atoms with E-state index in [2.05, 4.69) is 16.5 Å². The summed E-state index contributed by atoms with van der Waals surface area (Å²) in [6.07, 6.45) is 0. The summed E-state index contributed by atoms with van der Waals surface area (Å²) in [5, 5.41) is 4.02. The number of benzene rings is 2. The van der Waals surface area contributed by atoms with Crippen molar-refractivity contribution in [3.8, 4) is 0 Å². The third kappa shape index (κ3) is 2.52. The Kier molecular flexibility index (Phi) is 3.43. The first-order valence-corrected chi connectivity index (χ1v) is 7.41. The Morgan fingerprint density at radius 3 is 2.67 bits per heavy atom. The number of aryl methyl sites for hydroxylation is 2. The smallest absolute Gasteiger partial charge is 0.258 e. The fraction of sp³-hybridized carbons (Fsp3) is 0.188. The lowest BCUT2D eigenvalue weighted by atomic mass is 10.1. The highest BCUT2D eigenvalue weighted by Gasteiger charge is 2.15. The van der Waals surface area contributed by atoms with Crippen molar-refractivity contribution in [2.75, 3.05) is 11.9 Å². The van der Waals surface area contributed by atoms with Crippen LogP contribution in [0.5, 0.6) is 0 Å². The standard InChI is InChI=1S/C16H15N3OS/c1-10-4-6-13(8-11(10)2)19(3)16(20)12-5-7-15-14(9-12)17-18-21-15/h4-9H,1-3H3. The molecule has 0 spiro atoms. The molecule has 0 saturated heterocycles. The molecule has 2 aromatic carbocycles. The predicted molar refractivity (Wildman–Crippen MR) is 86.1 cm³/mol. The highest BCUT2D eigenvalue weighted by atomic mass is 32.1. The number of amides is 1. The molecule has 1 aromatic heterocycles. The molecule has 0 fully saturated rings. The van der Waals surface area contributed by atoms with Gasteiger partial charge in [0.05, 0.1) is 4.70 Å². The highest BCUT2D eigenvalue weighted by Crippen LogP contribution is 2.22. The van der Waals surface area contributed by atoms with Gasteiger partial charge in [-0.25, -0.2) is 0 Å². The normalized spacial score (nSPS) is 10.8. The maximum atomic E-state index is 12.6. The Labute approximate surface area is 127 Å². The summed E-state index contributed by atoms with van der Waals surface area (Å²) in [6.45, 7) is 4.11. The van der Waals surface area contributed by atoms with Crippen LogP contribution in [0.25, 0.3) is 10.2 Å². The molecule has 5 heteroatoms. The molecule has 106 valence electrons. The average Bonchev–Trinajstić information content (AvgIpc) is 2.96. The molecule has 3 aromatic rings. The monoisotopic (exact) mass is 297 g/mol. The van der Waals surface area contributed by atoms with Crippen molar-refractivity contribution in [2.45, 2.75) is 13.8 Å². The summed E-state index contributed by atoms with van der Waals surface area (Å²) in [6, 6.07) is 11.5. The molecule has 0 N–H and O–H groups in total. The molecular formula is C16H15N3OS. The summed E-state index contributed by atoms with van der Waals surface area (Å²) < 4.78 is 4.88. The molecule has 0 radical (unpaired) electrons. The summed E-state index contributed by atoms with van der Waals surface area (Å²) in [5.41, 5.74) is 4.66. The van der Waals surface area contributed by atoms with Gasteiger partial charge in [0.1, 0.15) is 5.52 Å². The Balaban J connectivity index is 1.94. The van der Waals surface area contributed by atoms with Crippen molar-refractivity contribution in [1.82, 2.24) is 9.59 Å². The number of nitrogens with zero attached hydrogens (tertiary/aromatic N) is 3. The number of anilines is 1. The number of aromatic nitrogens is 2. The van der Waals surface area contributed by atoms with Crippen LogP contribution in [0, 0.1) is 13.8 Å². The van der Waals surface area contributed by atoms with Crippen molar-refractivity contribution < 1.29 is 4.79 Å². The van der Waals surface area contributed by atoms with Crippen LogP contribution in [-0.4, -0.2) is 22.5 Å². The van der Waals surface area contributed by atoms with Gasteiger partial charge in [-0.2, -0.15) is 0 Å². The lowest BCUT2D eigenvalue weighted by Gasteiger charge is -2.18. The second-order valence-electron chi connectivity index (χ2n) is 5.09. The highest BCUT2D eigenvalue weighted by molar-refractivity contribution is 7.12. The van der Waals surface area contributed by atoms with Gasteiger partial charge in [-0.1, -0.05) is 10.6 Å². The van der Waals surface area contributed by atoms with Gasteiger partial charge in [-0.05, 0) is 66.8 Å². The quantitative estimate of drug-likeness (QED) is 0.726. The topological polar surface area (TPSA) is 46.1 Å². The third-order valence-electron chi connectivity index (χ3n) is 3.68. The lowest BCUT2D eigenvalue weighted by Crippen LogP contribution is -2.26. The van der Waals surface area contributed by atoms with E-state index in [0.717, 1.165) is 15.9 Å². The van der Waals surface area contributed by atoms with Crippen LogP contribution < -0.4 is 4.90 Å². The van der Waals surface area contributed by atoms with Crippen molar-refractivity contribution in [3.05, 3.63) is 53.1 Å². The van der Waals surface area contributed by atoms with Gasteiger partial charge in [0.15, 0.2) is 0 Å². The minimum Gasteiger partial charge on any atom is -0.311 e. The molecule has 0 aliphatic carbocycles. The maximum Gasteiger partial charge on any atom is 0.258 e. The number of fused-ring (bicyclic) bond motifs is 1. The van der Waals surface area contributed by atoms with E-state index in [-0.39, 0.29) is 5.91 Å². The van der Waals surface area contributed by atoms with E-state index < -0.39 is 0 Å². The number of hydrogen-bond acceptors (Lipinski definition) is 4. The lowest BCUT2D eigenvalue weighted by molar-refractivity contribution is 0.0993. The van der Waals surface area contributed by atoms with E-state index in [9.17, 15) is 4.79 Å². The molecule has 1 heterocycles.